The number of fused-ring (bicyclic) bond motifs is 2. The zero-order valence-corrected chi connectivity index (χ0v) is 17.7. The van der Waals surface area contributed by atoms with Crippen molar-refractivity contribution in [3.05, 3.63) is 18.1 Å². The van der Waals surface area contributed by atoms with Gasteiger partial charge in [-0.2, -0.15) is 9.47 Å². The predicted molar refractivity (Wildman–Crippen MR) is 113 cm³/mol. The second-order valence-corrected chi connectivity index (χ2v) is 8.90. The van der Waals surface area contributed by atoms with Gasteiger partial charge in [0.15, 0.2) is 5.65 Å². The molecule has 1 aliphatic carbocycles. The molecule has 0 spiro atoms. The van der Waals surface area contributed by atoms with Crippen molar-refractivity contribution in [3.8, 4) is 0 Å². The summed E-state index contributed by atoms with van der Waals surface area (Å²) in [6.45, 7) is 3.63. The number of likely N-dealkylation sites (tertiary alicyclic amines) is 1. The van der Waals surface area contributed by atoms with Crippen LogP contribution in [0.25, 0.3) is 11.0 Å². The lowest BCUT2D eigenvalue weighted by Crippen LogP contribution is -2.36. The molecule has 0 aromatic carbocycles. The van der Waals surface area contributed by atoms with Crippen molar-refractivity contribution in [3.63, 3.8) is 0 Å². The molecule has 1 aliphatic heterocycles. The van der Waals surface area contributed by atoms with E-state index in [1.807, 2.05) is 29.7 Å². The number of hydrogen-bond acceptors (Lipinski definition) is 6. The van der Waals surface area contributed by atoms with Gasteiger partial charge in [-0.25, -0.2) is 9.78 Å². The van der Waals surface area contributed by atoms with Gasteiger partial charge in [-0.15, -0.1) is 0 Å². The van der Waals surface area contributed by atoms with E-state index in [1.165, 1.54) is 11.5 Å². The Bertz CT molecular complexity index is 1020. The molecule has 4 heterocycles. The van der Waals surface area contributed by atoms with Gasteiger partial charge in [0.25, 0.3) is 0 Å². The van der Waals surface area contributed by atoms with Gasteiger partial charge in [0.1, 0.15) is 11.6 Å². The fraction of sp³-hybridized carbons (Fsp3) is 0.579. The molecular formula is C19H26N8OS. The van der Waals surface area contributed by atoms with Crippen LogP contribution in [0.4, 0.5) is 15.7 Å². The number of aromatic amines is 1. The topological polar surface area (TPSA) is 95.0 Å². The summed E-state index contributed by atoms with van der Waals surface area (Å²) in [5.41, 5.74) is 0.929. The monoisotopic (exact) mass is 414 g/mol. The van der Waals surface area contributed by atoms with E-state index < -0.39 is 0 Å². The molecule has 0 radical (unpaired) electrons. The average Bonchev–Trinajstić information content (AvgIpc) is 3.46. The third-order valence-electron chi connectivity index (χ3n) is 6.42. The van der Waals surface area contributed by atoms with Crippen molar-refractivity contribution in [2.24, 2.45) is 18.9 Å². The van der Waals surface area contributed by atoms with Crippen molar-refractivity contribution < 1.29 is 4.79 Å². The van der Waals surface area contributed by atoms with E-state index in [0.717, 1.165) is 55.0 Å². The van der Waals surface area contributed by atoms with Gasteiger partial charge in [-0.05, 0) is 30.7 Å². The smallest absolute Gasteiger partial charge is 0.323 e. The second-order valence-electron chi connectivity index (χ2n) is 8.15. The van der Waals surface area contributed by atoms with E-state index in [4.69, 9.17) is 0 Å². The highest BCUT2D eigenvalue weighted by molar-refractivity contribution is 7.09. The highest BCUT2D eigenvalue weighted by atomic mass is 32.1. The Kier molecular flexibility index (Phi) is 4.45. The molecule has 1 saturated carbocycles. The lowest BCUT2D eigenvalue weighted by molar-refractivity contribution is 0.218. The third-order valence-corrected chi connectivity index (χ3v) is 7.08. The number of anilines is 2. The Morgan fingerprint density at radius 2 is 2.14 bits per heavy atom. The summed E-state index contributed by atoms with van der Waals surface area (Å²) < 4.78 is 6.19. The highest BCUT2D eigenvalue weighted by Gasteiger charge is 2.44. The Labute approximate surface area is 173 Å². The molecule has 10 heteroatoms. The van der Waals surface area contributed by atoms with Crippen molar-refractivity contribution in [1.82, 2.24) is 29.0 Å². The van der Waals surface area contributed by atoms with Gasteiger partial charge < -0.3 is 14.8 Å². The zero-order chi connectivity index (χ0) is 20.1. The van der Waals surface area contributed by atoms with E-state index in [0.29, 0.717) is 23.0 Å². The van der Waals surface area contributed by atoms with Gasteiger partial charge in [0, 0.05) is 57.4 Å². The third kappa shape index (κ3) is 3.15. The van der Waals surface area contributed by atoms with Crippen LogP contribution in [-0.2, 0) is 13.5 Å². The number of nitrogens with zero attached hydrogens (tertiary/aromatic N) is 6. The molecule has 29 heavy (non-hydrogen) atoms. The normalized spacial score (nSPS) is 23.7. The number of aryl methyl sites for hydroxylation is 2. The van der Waals surface area contributed by atoms with E-state index >= 15 is 0 Å². The minimum absolute atomic E-state index is 0.0521. The van der Waals surface area contributed by atoms with Gasteiger partial charge in [0.2, 0.25) is 5.13 Å². The summed E-state index contributed by atoms with van der Waals surface area (Å²) in [4.78, 5) is 24.5. The predicted octanol–water partition coefficient (Wildman–Crippen LogP) is 2.69. The number of amides is 2. The summed E-state index contributed by atoms with van der Waals surface area (Å²) >= 11 is 1.25. The Balaban J connectivity index is 1.22. The number of urea groups is 1. The van der Waals surface area contributed by atoms with Crippen molar-refractivity contribution in [2.75, 3.05) is 30.4 Å². The number of aromatic nitrogens is 5. The number of carbonyl (C=O) groups is 1. The van der Waals surface area contributed by atoms with Gasteiger partial charge in [-0.1, -0.05) is 6.92 Å². The van der Waals surface area contributed by atoms with Gasteiger partial charge >= 0.3 is 6.03 Å². The van der Waals surface area contributed by atoms with Crippen LogP contribution in [0.2, 0.25) is 0 Å². The second kappa shape index (κ2) is 7.01. The van der Waals surface area contributed by atoms with Gasteiger partial charge in [-0.3, -0.25) is 10.00 Å². The fourth-order valence-corrected chi connectivity index (χ4v) is 5.60. The molecule has 1 unspecified atom stereocenters. The van der Waals surface area contributed by atoms with Crippen LogP contribution >= 0.6 is 11.5 Å². The molecule has 2 amide bonds. The maximum absolute atomic E-state index is 12.6. The average molecular weight is 415 g/mol. The summed E-state index contributed by atoms with van der Waals surface area (Å²) in [7, 11) is 4.17. The van der Waals surface area contributed by atoms with Crippen LogP contribution in [-0.4, -0.2) is 61.2 Å². The quantitative estimate of drug-likeness (QED) is 0.684. The van der Waals surface area contributed by atoms with Crippen LogP contribution in [0, 0.1) is 11.8 Å². The first kappa shape index (κ1) is 18.4. The number of carbonyl (C=O) groups excluding carboxylic acids is 1. The number of hydrogen-bond donors (Lipinski definition) is 2. The first-order chi connectivity index (χ1) is 14.0. The Hall–Kier alpha value is -2.62. The minimum Gasteiger partial charge on any atom is -0.356 e. The summed E-state index contributed by atoms with van der Waals surface area (Å²) in [6.07, 6.45) is 4.92. The number of H-pyrrole nitrogens is 1. The summed E-state index contributed by atoms with van der Waals surface area (Å²) in [6, 6.07) is 2.51. The van der Waals surface area contributed by atoms with Crippen molar-refractivity contribution in [1.29, 1.82) is 0 Å². The lowest BCUT2D eigenvalue weighted by Gasteiger charge is -2.28. The maximum atomic E-state index is 12.6. The number of nitrogens with one attached hydrogen (secondary N) is 2. The molecule has 2 N–H and O–H groups in total. The summed E-state index contributed by atoms with van der Waals surface area (Å²) in [5.74, 6) is 3.03. The first-order valence-electron chi connectivity index (χ1n) is 10.1. The molecule has 3 aromatic heterocycles. The van der Waals surface area contributed by atoms with E-state index in [9.17, 15) is 4.79 Å². The Morgan fingerprint density at radius 3 is 2.83 bits per heavy atom. The zero-order valence-electron chi connectivity index (χ0n) is 16.9. The number of rotatable bonds is 4. The molecule has 0 bridgehead atoms. The molecule has 1 saturated heterocycles. The van der Waals surface area contributed by atoms with Crippen molar-refractivity contribution in [2.45, 2.75) is 32.2 Å². The van der Waals surface area contributed by atoms with Gasteiger partial charge in [0.05, 0.1) is 5.39 Å². The standard InChI is InChI=1S/C19H26N8OS/c1-4-15-21-18(29-24-15)22-19(28)27-9-11-7-13(8-12(11)10-27)25(2)17-14-5-6-20-16(14)23-26(17)3/h5-6,11-13H,4,7-10H2,1-3H3,(H,20,23)(H,21,22,24,28)/t11-,12+,13?. The molecule has 9 nitrogen and oxygen atoms in total. The largest absolute Gasteiger partial charge is 0.356 e. The lowest BCUT2D eigenvalue weighted by atomic mass is 10.0. The van der Waals surface area contributed by atoms with Crippen LogP contribution in [0.5, 0.6) is 0 Å². The van der Waals surface area contributed by atoms with Crippen LogP contribution in [0.15, 0.2) is 12.3 Å². The fourth-order valence-electron chi connectivity index (χ4n) is 4.96. The minimum atomic E-state index is -0.0521. The van der Waals surface area contributed by atoms with E-state index in [-0.39, 0.29) is 6.03 Å². The molecule has 5 rings (SSSR count). The van der Waals surface area contributed by atoms with E-state index in [1.54, 1.807) is 0 Å². The van der Waals surface area contributed by atoms with Crippen LogP contribution < -0.4 is 10.2 Å². The molecule has 154 valence electrons. The molecule has 2 aliphatic rings. The maximum Gasteiger partial charge on any atom is 0.323 e. The van der Waals surface area contributed by atoms with Crippen LogP contribution in [0.1, 0.15) is 25.6 Å². The first-order valence-corrected chi connectivity index (χ1v) is 10.9. The van der Waals surface area contributed by atoms with Crippen molar-refractivity contribution >= 4 is 39.5 Å². The van der Waals surface area contributed by atoms with Crippen LogP contribution in [0.3, 0.4) is 0 Å². The molecular weight excluding hydrogens is 388 g/mol. The van der Waals surface area contributed by atoms with E-state index in [2.05, 4.69) is 42.8 Å². The highest BCUT2D eigenvalue weighted by Crippen LogP contribution is 2.42. The molecule has 3 aromatic rings. The Morgan fingerprint density at radius 1 is 1.38 bits per heavy atom. The summed E-state index contributed by atoms with van der Waals surface area (Å²) in [5, 5.41) is 9.24. The molecule has 3 atom stereocenters. The molecule has 2 fully saturated rings. The SMILES string of the molecule is CCc1nsc(NC(=O)N2C[C@H]3CC(N(C)c4c5cc[nH]c5nn4C)C[C@H]3C2)n1.